The van der Waals surface area contributed by atoms with Crippen LogP contribution in [0.15, 0.2) is 0 Å². The Morgan fingerprint density at radius 2 is 2.15 bits per heavy atom. The van der Waals surface area contributed by atoms with E-state index in [9.17, 15) is 4.79 Å². The third kappa shape index (κ3) is 2.10. The molecular weight excluding hydrogens is 188 g/mol. The standard InChI is InChI=1S/C9H13ClN2O/c1-4-8(13)5-12-7(3)9(10)6(2)11-12/h4-5H2,1-3H3. The van der Waals surface area contributed by atoms with Crippen LogP contribution < -0.4 is 0 Å². The van der Waals surface area contributed by atoms with E-state index in [-0.39, 0.29) is 5.78 Å². The van der Waals surface area contributed by atoms with E-state index in [0.717, 1.165) is 11.4 Å². The molecule has 1 aromatic rings. The maximum Gasteiger partial charge on any atom is 0.154 e. The van der Waals surface area contributed by atoms with Gasteiger partial charge in [0.15, 0.2) is 5.78 Å². The molecule has 1 heterocycles. The lowest BCUT2D eigenvalue weighted by atomic mass is 10.3. The summed E-state index contributed by atoms with van der Waals surface area (Å²) in [6.07, 6.45) is 0.538. The average Bonchev–Trinajstić information content (AvgIpc) is 2.34. The van der Waals surface area contributed by atoms with Crippen molar-refractivity contribution in [3.05, 3.63) is 16.4 Å². The molecule has 0 spiro atoms. The van der Waals surface area contributed by atoms with E-state index in [1.54, 1.807) is 4.68 Å². The number of hydrogen-bond acceptors (Lipinski definition) is 2. The van der Waals surface area contributed by atoms with E-state index in [4.69, 9.17) is 11.6 Å². The molecule has 0 atom stereocenters. The minimum Gasteiger partial charge on any atom is -0.298 e. The van der Waals surface area contributed by atoms with Crippen LogP contribution in [0.4, 0.5) is 0 Å². The van der Waals surface area contributed by atoms with E-state index >= 15 is 0 Å². The molecule has 0 saturated heterocycles. The Hall–Kier alpha value is -0.830. The molecule has 0 aliphatic heterocycles. The minimum atomic E-state index is 0.169. The second kappa shape index (κ2) is 3.92. The molecule has 72 valence electrons. The van der Waals surface area contributed by atoms with Gasteiger partial charge in [-0.25, -0.2) is 0 Å². The van der Waals surface area contributed by atoms with E-state index in [2.05, 4.69) is 5.10 Å². The average molecular weight is 201 g/mol. The molecule has 1 aromatic heterocycles. The Kier molecular flexibility index (Phi) is 3.09. The van der Waals surface area contributed by atoms with Gasteiger partial charge in [0.2, 0.25) is 0 Å². The number of aryl methyl sites for hydroxylation is 1. The van der Waals surface area contributed by atoms with Gasteiger partial charge in [0.05, 0.1) is 23.0 Å². The number of nitrogens with zero attached hydrogens (tertiary/aromatic N) is 2. The minimum absolute atomic E-state index is 0.169. The van der Waals surface area contributed by atoms with Gasteiger partial charge in [-0.3, -0.25) is 9.48 Å². The van der Waals surface area contributed by atoms with Gasteiger partial charge in [0.1, 0.15) is 0 Å². The lowest BCUT2D eigenvalue weighted by molar-refractivity contribution is -0.119. The van der Waals surface area contributed by atoms with E-state index in [0.29, 0.717) is 18.0 Å². The number of Topliss-reactive ketones (excluding diaryl/α,β-unsaturated/α-hetero) is 1. The first-order valence-corrected chi connectivity index (χ1v) is 4.65. The van der Waals surface area contributed by atoms with E-state index in [1.807, 2.05) is 20.8 Å². The summed E-state index contributed by atoms with van der Waals surface area (Å²) in [5, 5.41) is 4.82. The van der Waals surface area contributed by atoms with Crippen molar-refractivity contribution >= 4 is 17.4 Å². The monoisotopic (exact) mass is 200 g/mol. The highest BCUT2D eigenvalue weighted by atomic mass is 35.5. The molecule has 3 nitrogen and oxygen atoms in total. The molecule has 1 rings (SSSR count). The molecular formula is C9H13ClN2O. The zero-order valence-corrected chi connectivity index (χ0v) is 8.85. The first-order chi connectivity index (χ1) is 6.06. The van der Waals surface area contributed by atoms with Gasteiger partial charge in [-0.1, -0.05) is 18.5 Å². The maximum atomic E-state index is 11.2. The Morgan fingerprint density at radius 1 is 1.54 bits per heavy atom. The van der Waals surface area contributed by atoms with Crippen molar-refractivity contribution in [2.24, 2.45) is 0 Å². The van der Waals surface area contributed by atoms with Gasteiger partial charge >= 0.3 is 0 Å². The summed E-state index contributed by atoms with van der Waals surface area (Å²) in [5.74, 6) is 0.169. The summed E-state index contributed by atoms with van der Waals surface area (Å²) in [6.45, 7) is 5.87. The van der Waals surface area contributed by atoms with Crippen LogP contribution in [0.2, 0.25) is 5.02 Å². The molecule has 0 aromatic carbocycles. The Morgan fingerprint density at radius 3 is 2.54 bits per heavy atom. The van der Waals surface area contributed by atoms with Crippen molar-refractivity contribution < 1.29 is 4.79 Å². The quantitative estimate of drug-likeness (QED) is 0.749. The third-order valence-electron chi connectivity index (χ3n) is 2.01. The van der Waals surface area contributed by atoms with Crippen LogP contribution in [0.3, 0.4) is 0 Å². The fourth-order valence-corrected chi connectivity index (χ4v) is 1.24. The normalized spacial score (nSPS) is 10.5. The van der Waals surface area contributed by atoms with Gasteiger partial charge in [0.25, 0.3) is 0 Å². The molecule has 0 aliphatic carbocycles. The number of aromatic nitrogens is 2. The first-order valence-electron chi connectivity index (χ1n) is 4.27. The summed E-state index contributed by atoms with van der Waals surface area (Å²) in [4.78, 5) is 11.2. The summed E-state index contributed by atoms with van der Waals surface area (Å²) in [6, 6.07) is 0. The number of rotatable bonds is 3. The van der Waals surface area contributed by atoms with Gasteiger partial charge in [0, 0.05) is 6.42 Å². The molecule has 0 N–H and O–H groups in total. The molecule has 0 fully saturated rings. The summed E-state index contributed by atoms with van der Waals surface area (Å²) in [5.41, 5.74) is 1.64. The maximum absolute atomic E-state index is 11.2. The first kappa shape index (κ1) is 10.3. The molecule has 0 bridgehead atoms. The van der Waals surface area contributed by atoms with Gasteiger partial charge in [-0.05, 0) is 13.8 Å². The summed E-state index contributed by atoms with van der Waals surface area (Å²) >= 11 is 5.93. The van der Waals surface area contributed by atoms with E-state index in [1.165, 1.54) is 0 Å². The van der Waals surface area contributed by atoms with E-state index < -0.39 is 0 Å². The topological polar surface area (TPSA) is 34.9 Å². The molecule has 0 aliphatic rings. The SMILES string of the molecule is CCC(=O)Cn1nc(C)c(Cl)c1C. The fourth-order valence-electron chi connectivity index (χ4n) is 1.11. The Bertz CT molecular complexity index is 331. The number of halogens is 1. The number of carbonyl (C=O) groups excluding carboxylic acids is 1. The van der Waals surface area contributed by atoms with Crippen LogP contribution >= 0.6 is 11.6 Å². The number of ketones is 1. The lowest BCUT2D eigenvalue weighted by Gasteiger charge is -2.00. The van der Waals surface area contributed by atoms with Crippen LogP contribution in [0.5, 0.6) is 0 Å². The number of hydrogen-bond donors (Lipinski definition) is 0. The van der Waals surface area contributed by atoms with Crippen LogP contribution in [-0.2, 0) is 11.3 Å². The highest BCUT2D eigenvalue weighted by Crippen LogP contribution is 2.18. The Balaban J connectivity index is 2.90. The van der Waals surface area contributed by atoms with Crippen molar-refractivity contribution in [2.45, 2.75) is 33.7 Å². The molecule has 0 radical (unpaired) electrons. The van der Waals surface area contributed by atoms with Crippen molar-refractivity contribution in [1.29, 1.82) is 0 Å². The zero-order chi connectivity index (χ0) is 10.0. The highest BCUT2D eigenvalue weighted by Gasteiger charge is 2.10. The molecule has 0 amide bonds. The second-order valence-electron chi connectivity index (χ2n) is 3.03. The highest BCUT2D eigenvalue weighted by molar-refractivity contribution is 6.31. The smallest absolute Gasteiger partial charge is 0.154 e. The second-order valence-corrected chi connectivity index (χ2v) is 3.41. The Labute approximate surface area is 82.7 Å². The van der Waals surface area contributed by atoms with Crippen molar-refractivity contribution in [2.75, 3.05) is 0 Å². The third-order valence-corrected chi connectivity index (χ3v) is 2.56. The summed E-state index contributed by atoms with van der Waals surface area (Å²) in [7, 11) is 0. The summed E-state index contributed by atoms with van der Waals surface area (Å²) < 4.78 is 1.66. The zero-order valence-electron chi connectivity index (χ0n) is 8.09. The lowest BCUT2D eigenvalue weighted by Crippen LogP contribution is -2.11. The molecule has 0 unspecified atom stereocenters. The van der Waals surface area contributed by atoms with Crippen molar-refractivity contribution in [3.63, 3.8) is 0 Å². The van der Waals surface area contributed by atoms with Crippen molar-refractivity contribution in [3.8, 4) is 0 Å². The van der Waals surface area contributed by atoms with Crippen molar-refractivity contribution in [1.82, 2.24) is 9.78 Å². The van der Waals surface area contributed by atoms with Crippen LogP contribution in [0.25, 0.3) is 0 Å². The van der Waals surface area contributed by atoms with Gasteiger partial charge in [-0.15, -0.1) is 0 Å². The number of carbonyl (C=O) groups is 1. The van der Waals surface area contributed by atoms with Gasteiger partial charge in [-0.2, -0.15) is 5.10 Å². The van der Waals surface area contributed by atoms with Crippen LogP contribution in [-0.4, -0.2) is 15.6 Å². The molecule has 0 saturated carbocycles. The molecule has 4 heteroatoms. The predicted molar refractivity (Wildman–Crippen MR) is 52.0 cm³/mol. The molecule has 13 heavy (non-hydrogen) atoms. The van der Waals surface area contributed by atoms with Crippen LogP contribution in [0, 0.1) is 13.8 Å². The largest absolute Gasteiger partial charge is 0.298 e. The predicted octanol–water partition coefficient (Wildman–Crippen LogP) is 2.13. The fraction of sp³-hybridized carbons (Fsp3) is 0.556. The van der Waals surface area contributed by atoms with Crippen LogP contribution in [0.1, 0.15) is 24.7 Å². The van der Waals surface area contributed by atoms with Gasteiger partial charge < -0.3 is 0 Å².